The lowest BCUT2D eigenvalue weighted by Crippen LogP contribution is -2.31. The van der Waals surface area contributed by atoms with E-state index in [9.17, 15) is 9.18 Å². The Morgan fingerprint density at radius 2 is 2.04 bits per heavy atom. The maximum Gasteiger partial charge on any atom is 0.327 e. The second kappa shape index (κ2) is 7.59. The van der Waals surface area contributed by atoms with Gasteiger partial charge in [0.05, 0.1) is 5.69 Å². The monoisotopic (exact) mass is 397 g/mol. The summed E-state index contributed by atoms with van der Waals surface area (Å²) < 4.78 is 19.0. The second-order valence-corrected chi connectivity index (χ2v) is 7.77. The largest absolute Gasteiger partial charge is 0.445 e. The van der Waals surface area contributed by atoms with Gasteiger partial charge in [0.25, 0.3) is 0 Å². The molecule has 1 aliphatic carbocycles. The van der Waals surface area contributed by atoms with Crippen molar-refractivity contribution in [3.05, 3.63) is 65.6 Å². The molecule has 2 amide bonds. The molecular weight excluding hydrogens is 377 g/mol. The number of ether oxygens (including phenoxy) is 1. The molecule has 0 aliphatic heterocycles. The summed E-state index contributed by atoms with van der Waals surface area (Å²) in [6, 6.07) is 13.7. The molecule has 1 aliphatic rings. The number of nitrogens with zero attached hydrogens (tertiary/aromatic N) is 2. The SMILES string of the molecule is Cc1nc(NC(=O)N(C)c2cccc(C3CC3)c2)sc1Oc1cccc(F)c1. The highest BCUT2D eigenvalue weighted by Gasteiger charge is 2.24. The van der Waals surface area contributed by atoms with Gasteiger partial charge in [0.15, 0.2) is 5.13 Å². The lowest BCUT2D eigenvalue weighted by Gasteiger charge is -2.18. The average molecular weight is 397 g/mol. The van der Waals surface area contributed by atoms with Gasteiger partial charge < -0.3 is 4.74 Å². The van der Waals surface area contributed by atoms with E-state index in [1.54, 1.807) is 31.0 Å². The zero-order chi connectivity index (χ0) is 19.7. The molecule has 0 unspecified atom stereocenters. The second-order valence-electron chi connectivity index (χ2n) is 6.81. The normalized spacial score (nSPS) is 13.2. The molecule has 0 spiro atoms. The number of aryl methyl sites for hydroxylation is 1. The Kier molecular flexibility index (Phi) is 5.00. The van der Waals surface area contributed by atoms with Gasteiger partial charge in [-0.3, -0.25) is 10.2 Å². The van der Waals surface area contributed by atoms with Crippen LogP contribution in [0.5, 0.6) is 10.8 Å². The van der Waals surface area contributed by atoms with Crippen molar-refractivity contribution in [1.29, 1.82) is 0 Å². The first kappa shape index (κ1) is 18.4. The van der Waals surface area contributed by atoms with E-state index in [1.165, 1.54) is 41.9 Å². The summed E-state index contributed by atoms with van der Waals surface area (Å²) in [5.41, 5.74) is 2.74. The first-order chi connectivity index (χ1) is 13.5. The van der Waals surface area contributed by atoms with Crippen molar-refractivity contribution in [3.8, 4) is 10.8 Å². The maximum absolute atomic E-state index is 13.3. The van der Waals surface area contributed by atoms with E-state index >= 15 is 0 Å². The first-order valence-corrected chi connectivity index (χ1v) is 9.87. The fourth-order valence-electron chi connectivity index (χ4n) is 2.86. The molecule has 7 heteroatoms. The molecule has 1 saturated carbocycles. The number of halogens is 1. The van der Waals surface area contributed by atoms with Crippen LogP contribution in [-0.4, -0.2) is 18.1 Å². The molecule has 0 atom stereocenters. The van der Waals surface area contributed by atoms with Crippen molar-refractivity contribution in [2.24, 2.45) is 0 Å². The third-order valence-electron chi connectivity index (χ3n) is 4.59. The van der Waals surface area contributed by atoms with Crippen LogP contribution in [0.25, 0.3) is 0 Å². The van der Waals surface area contributed by atoms with Crippen molar-refractivity contribution in [2.75, 3.05) is 17.3 Å². The molecule has 3 aromatic rings. The lowest BCUT2D eigenvalue weighted by molar-refractivity contribution is 0.258. The fraction of sp³-hybridized carbons (Fsp3) is 0.238. The minimum atomic E-state index is -0.372. The maximum atomic E-state index is 13.3. The molecular formula is C21H20FN3O2S. The number of amides is 2. The van der Waals surface area contributed by atoms with E-state index in [1.807, 2.05) is 12.1 Å². The molecule has 0 bridgehead atoms. The smallest absolute Gasteiger partial charge is 0.327 e. The van der Waals surface area contributed by atoms with Gasteiger partial charge in [-0.1, -0.05) is 29.5 Å². The number of anilines is 2. The van der Waals surface area contributed by atoms with Crippen LogP contribution in [0.4, 0.5) is 20.0 Å². The van der Waals surface area contributed by atoms with Gasteiger partial charge in [0.2, 0.25) is 5.06 Å². The standard InChI is InChI=1S/C21H20FN3O2S/c1-13-19(27-18-8-4-6-16(22)12-18)28-20(23-13)24-21(26)25(2)17-7-3-5-15(11-17)14-9-10-14/h3-8,11-12,14H,9-10H2,1-2H3,(H,23,24,26). The number of aromatic nitrogens is 1. The number of thiazole rings is 1. The summed E-state index contributed by atoms with van der Waals surface area (Å²) in [5, 5.41) is 3.75. The molecule has 0 radical (unpaired) electrons. The number of urea groups is 1. The van der Waals surface area contributed by atoms with Crippen LogP contribution in [0.1, 0.15) is 30.0 Å². The van der Waals surface area contributed by atoms with Crippen molar-refractivity contribution >= 4 is 28.2 Å². The zero-order valence-electron chi connectivity index (χ0n) is 15.6. The van der Waals surface area contributed by atoms with E-state index in [0.29, 0.717) is 27.6 Å². The van der Waals surface area contributed by atoms with E-state index in [-0.39, 0.29) is 11.8 Å². The zero-order valence-corrected chi connectivity index (χ0v) is 16.4. The lowest BCUT2D eigenvalue weighted by atomic mass is 10.1. The average Bonchev–Trinajstić information content (AvgIpc) is 3.47. The van der Waals surface area contributed by atoms with Crippen LogP contribution in [0.3, 0.4) is 0 Å². The van der Waals surface area contributed by atoms with E-state index < -0.39 is 0 Å². The number of carbonyl (C=O) groups excluding carboxylic acids is 1. The molecule has 0 saturated heterocycles. The minimum absolute atomic E-state index is 0.279. The Labute approximate surface area is 166 Å². The molecule has 4 rings (SSSR count). The summed E-state index contributed by atoms with van der Waals surface area (Å²) in [6.45, 7) is 1.78. The predicted molar refractivity (Wildman–Crippen MR) is 109 cm³/mol. The van der Waals surface area contributed by atoms with Crippen molar-refractivity contribution in [3.63, 3.8) is 0 Å². The molecule has 5 nitrogen and oxygen atoms in total. The summed E-state index contributed by atoms with van der Waals surface area (Å²) in [7, 11) is 1.73. The molecule has 2 aromatic carbocycles. The van der Waals surface area contributed by atoms with Gasteiger partial charge in [-0.25, -0.2) is 14.2 Å². The number of rotatable bonds is 5. The van der Waals surface area contributed by atoms with Gasteiger partial charge in [0, 0.05) is 18.8 Å². The molecule has 1 heterocycles. The summed E-state index contributed by atoms with van der Waals surface area (Å²) in [6.07, 6.45) is 2.43. The highest BCUT2D eigenvalue weighted by atomic mass is 32.1. The van der Waals surface area contributed by atoms with Crippen molar-refractivity contribution in [2.45, 2.75) is 25.7 Å². The Morgan fingerprint density at radius 1 is 1.25 bits per heavy atom. The van der Waals surface area contributed by atoms with Crippen LogP contribution in [0.15, 0.2) is 48.5 Å². The van der Waals surface area contributed by atoms with E-state index in [2.05, 4.69) is 22.4 Å². The van der Waals surface area contributed by atoms with E-state index in [0.717, 1.165) is 5.69 Å². The van der Waals surface area contributed by atoms with Gasteiger partial charge in [-0.2, -0.15) is 0 Å². The summed E-state index contributed by atoms with van der Waals surface area (Å²) in [5.74, 6) is 0.641. The highest BCUT2D eigenvalue weighted by Crippen LogP contribution is 2.41. The Hall–Kier alpha value is -2.93. The highest BCUT2D eigenvalue weighted by molar-refractivity contribution is 7.17. The van der Waals surface area contributed by atoms with Gasteiger partial charge in [0.1, 0.15) is 11.6 Å². The first-order valence-electron chi connectivity index (χ1n) is 9.05. The predicted octanol–water partition coefficient (Wildman–Crippen LogP) is 5.93. The van der Waals surface area contributed by atoms with Crippen LogP contribution in [0, 0.1) is 12.7 Å². The van der Waals surface area contributed by atoms with Crippen LogP contribution in [-0.2, 0) is 0 Å². The van der Waals surface area contributed by atoms with Gasteiger partial charge >= 0.3 is 6.03 Å². The van der Waals surface area contributed by atoms with Crippen molar-refractivity contribution in [1.82, 2.24) is 4.98 Å². The quantitative estimate of drug-likeness (QED) is 0.581. The van der Waals surface area contributed by atoms with Gasteiger partial charge in [-0.05, 0) is 55.5 Å². The minimum Gasteiger partial charge on any atom is -0.445 e. The fourth-order valence-corrected chi connectivity index (χ4v) is 3.69. The van der Waals surface area contributed by atoms with Gasteiger partial charge in [-0.15, -0.1) is 0 Å². The third-order valence-corrected chi connectivity index (χ3v) is 5.54. The molecule has 1 fully saturated rings. The third kappa shape index (κ3) is 4.14. The van der Waals surface area contributed by atoms with Crippen LogP contribution < -0.4 is 15.0 Å². The number of hydrogen-bond acceptors (Lipinski definition) is 4. The van der Waals surface area contributed by atoms with Crippen LogP contribution in [0.2, 0.25) is 0 Å². The number of carbonyl (C=O) groups is 1. The summed E-state index contributed by atoms with van der Waals surface area (Å²) in [4.78, 5) is 18.5. The Balaban J connectivity index is 1.45. The molecule has 1 aromatic heterocycles. The van der Waals surface area contributed by atoms with Crippen molar-refractivity contribution < 1.29 is 13.9 Å². The summed E-state index contributed by atoms with van der Waals surface area (Å²) >= 11 is 1.20. The Bertz CT molecular complexity index is 1020. The number of hydrogen-bond donors (Lipinski definition) is 1. The molecule has 1 N–H and O–H groups in total. The Morgan fingerprint density at radius 3 is 2.79 bits per heavy atom. The molecule has 28 heavy (non-hydrogen) atoms. The van der Waals surface area contributed by atoms with Crippen LogP contribution >= 0.6 is 11.3 Å². The number of benzene rings is 2. The van der Waals surface area contributed by atoms with E-state index in [4.69, 9.17) is 4.74 Å². The molecule has 144 valence electrons. The number of nitrogens with one attached hydrogen (secondary N) is 1. The topological polar surface area (TPSA) is 54.5 Å².